The SMILES string of the molecule is C=CCOc1ccc(C(=O)N/N=C/c2cc(I)c(O)c(OC)c2)cc1OCC. The van der Waals surface area contributed by atoms with Crippen molar-refractivity contribution in [2.24, 2.45) is 5.10 Å². The second-order valence-corrected chi connectivity index (χ2v) is 6.61. The molecule has 0 heterocycles. The first kappa shape index (κ1) is 21.5. The highest BCUT2D eigenvalue weighted by molar-refractivity contribution is 14.1. The number of halogens is 1. The second kappa shape index (κ2) is 10.5. The van der Waals surface area contributed by atoms with Crippen LogP contribution in [0.15, 0.2) is 48.1 Å². The third-order valence-corrected chi connectivity index (χ3v) is 4.34. The van der Waals surface area contributed by atoms with Crippen molar-refractivity contribution in [2.45, 2.75) is 6.92 Å². The molecule has 0 atom stereocenters. The number of phenols is 1. The molecule has 7 nitrogen and oxygen atoms in total. The van der Waals surface area contributed by atoms with E-state index in [-0.39, 0.29) is 5.75 Å². The van der Waals surface area contributed by atoms with Gasteiger partial charge in [0.2, 0.25) is 0 Å². The fourth-order valence-electron chi connectivity index (χ4n) is 2.24. The number of hydrazone groups is 1. The maximum Gasteiger partial charge on any atom is 0.271 e. The van der Waals surface area contributed by atoms with E-state index in [4.69, 9.17) is 14.2 Å². The van der Waals surface area contributed by atoms with Crippen molar-refractivity contribution in [3.63, 3.8) is 0 Å². The van der Waals surface area contributed by atoms with E-state index in [1.54, 1.807) is 36.4 Å². The Balaban J connectivity index is 2.12. The lowest BCUT2D eigenvalue weighted by atomic mass is 10.2. The number of methoxy groups -OCH3 is 1. The smallest absolute Gasteiger partial charge is 0.271 e. The molecular formula is C20H21IN2O5. The van der Waals surface area contributed by atoms with E-state index >= 15 is 0 Å². The Morgan fingerprint density at radius 1 is 1.25 bits per heavy atom. The fourth-order valence-corrected chi connectivity index (χ4v) is 2.86. The molecule has 148 valence electrons. The van der Waals surface area contributed by atoms with Crippen molar-refractivity contribution in [3.05, 3.63) is 57.7 Å². The van der Waals surface area contributed by atoms with Crippen LogP contribution in [0.3, 0.4) is 0 Å². The molecule has 0 saturated carbocycles. The number of hydrogen-bond donors (Lipinski definition) is 2. The number of amides is 1. The van der Waals surface area contributed by atoms with Gasteiger partial charge in [-0.15, -0.1) is 0 Å². The molecule has 0 aliphatic carbocycles. The normalized spacial score (nSPS) is 10.5. The Morgan fingerprint density at radius 3 is 2.71 bits per heavy atom. The topological polar surface area (TPSA) is 89.4 Å². The van der Waals surface area contributed by atoms with Crippen LogP contribution in [0.25, 0.3) is 0 Å². The molecule has 0 radical (unpaired) electrons. The van der Waals surface area contributed by atoms with Crippen LogP contribution in [0.2, 0.25) is 0 Å². The van der Waals surface area contributed by atoms with Crippen LogP contribution in [-0.2, 0) is 0 Å². The predicted molar refractivity (Wildman–Crippen MR) is 116 cm³/mol. The van der Waals surface area contributed by atoms with Crippen molar-refractivity contribution in [2.75, 3.05) is 20.3 Å². The zero-order valence-corrected chi connectivity index (χ0v) is 17.7. The summed E-state index contributed by atoms with van der Waals surface area (Å²) in [7, 11) is 1.46. The number of benzene rings is 2. The van der Waals surface area contributed by atoms with E-state index in [1.807, 2.05) is 29.5 Å². The Bertz CT molecular complexity index is 883. The number of hydrogen-bond acceptors (Lipinski definition) is 6. The molecule has 0 saturated heterocycles. The van der Waals surface area contributed by atoms with Crippen molar-refractivity contribution in [1.29, 1.82) is 0 Å². The predicted octanol–water partition coefficient (Wildman–Crippen LogP) is 3.73. The molecule has 0 unspecified atom stereocenters. The van der Waals surface area contributed by atoms with E-state index in [9.17, 15) is 9.90 Å². The van der Waals surface area contributed by atoms with Gasteiger partial charge in [0.1, 0.15) is 6.61 Å². The van der Waals surface area contributed by atoms with Crippen molar-refractivity contribution < 1.29 is 24.1 Å². The molecule has 0 aliphatic heterocycles. The number of aromatic hydroxyl groups is 1. The largest absolute Gasteiger partial charge is 0.504 e. The quantitative estimate of drug-likeness (QED) is 0.239. The third-order valence-electron chi connectivity index (χ3n) is 3.51. The monoisotopic (exact) mass is 496 g/mol. The Labute approximate surface area is 177 Å². The number of nitrogens with zero attached hydrogens (tertiary/aromatic N) is 1. The number of rotatable bonds is 9. The summed E-state index contributed by atoms with van der Waals surface area (Å²) < 4.78 is 16.8. The summed E-state index contributed by atoms with van der Waals surface area (Å²) in [6.45, 7) is 6.24. The standard InChI is InChI=1S/C20H21IN2O5/c1-4-8-28-16-7-6-14(11-17(16)27-5-2)20(25)23-22-12-13-9-15(21)19(24)18(10-13)26-3/h4,6-7,9-12,24H,1,5,8H2,2-3H3,(H,23,25)/b22-12+. The Hall–Kier alpha value is -2.75. The van der Waals surface area contributed by atoms with Gasteiger partial charge in [0.15, 0.2) is 23.0 Å². The second-order valence-electron chi connectivity index (χ2n) is 5.45. The lowest BCUT2D eigenvalue weighted by Crippen LogP contribution is -2.17. The lowest BCUT2D eigenvalue weighted by molar-refractivity contribution is 0.0954. The van der Waals surface area contributed by atoms with Crippen LogP contribution < -0.4 is 19.6 Å². The molecule has 0 bridgehead atoms. The van der Waals surface area contributed by atoms with Crippen LogP contribution in [-0.4, -0.2) is 37.6 Å². The Morgan fingerprint density at radius 2 is 2.04 bits per heavy atom. The van der Waals surface area contributed by atoms with Crippen molar-refractivity contribution in [3.8, 4) is 23.0 Å². The van der Waals surface area contributed by atoms with E-state index in [1.165, 1.54) is 13.3 Å². The van der Waals surface area contributed by atoms with Crippen molar-refractivity contribution >= 4 is 34.7 Å². The first-order valence-corrected chi connectivity index (χ1v) is 9.48. The maximum absolute atomic E-state index is 12.4. The van der Waals surface area contributed by atoms with Gasteiger partial charge in [-0.1, -0.05) is 12.7 Å². The highest BCUT2D eigenvalue weighted by Gasteiger charge is 2.11. The summed E-state index contributed by atoms with van der Waals surface area (Å²) in [4.78, 5) is 12.4. The first-order chi connectivity index (χ1) is 13.5. The fraction of sp³-hybridized carbons (Fsp3) is 0.200. The van der Waals surface area contributed by atoms with Gasteiger partial charge >= 0.3 is 0 Å². The molecule has 2 N–H and O–H groups in total. The van der Waals surface area contributed by atoms with Gasteiger partial charge in [0.05, 0.1) is 23.5 Å². The zero-order chi connectivity index (χ0) is 20.5. The molecule has 8 heteroatoms. The van der Waals surface area contributed by atoms with Crippen molar-refractivity contribution in [1.82, 2.24) is 5.43 Å². The average Bonchev–Trinajstić information content (AvgIpc) is 2.69. The van der Waals surface area contributed by atoms with Crippen LogP contribution >= 0.6 is 22.6 Å². The molecule has 2 aromatic carbocycles. The summed E-state index contributed by atoms with van der Waals surface area (Å²) in [5.41, 5.74) is 3.51. The van der Waals surface area contributed by atoms with Gasteiger partial charge in [-0.05, 0) is 65.4 Å². The number of carbonyl (C=O) groups excluding carboxylic acids is 1. The van der Waals surface area contributed by atoms with Gasteiger partial charge in [0.25, 0.3) is 5.91 Å². The first-order valence-electron chi connectivity index (χ1n) is 8.40. The average molecular weight is 496 g/mol. The van der Waals surface area contributed by atoms with Gasteiger partial charge < -0.3 is 19.3 Å². The number of ether oxygens (including phenoxy) is 3. The number of phenolic OH excluding ortho intramolecular Hbond substituents is 1. The zero-order valence-electron chi connectivity index (χ0n) is 15.6. The molecule has 1 amide bonds. The minimum Gasteiger partial charge on any atom is -0.504 e. The molecule has 0 aromatic heterocycles. The minimum absolute atomic E-state index is 0.0616. The highest BCUT2D eigenvalue weighted by atomic mass is 127. The Kier molecular flexibility index (Phi) is 8.12. The molecule has 2 aromatic rings. The van der Waals surface area contributed by atoms with Crippen LogP contribution in [0.5, 0.6) is 23.0 Å². The number of nitrogens with one attached hydrogen (secondary N) is 1. The van der Waals surface area contributed by atoms with Crippen LogP contribution in [0.1, 0.15) is 22.8 Å². The van der Waals surface area contributed by atoms with E-state index < -0.39 is 5.91 Å². The minimum atomic E-state index is -0.395. The van der Waals surface area contributed by atoms with Gasteiger partial charge in [0, 0.05) is 5.56 Å². The molecule has 0 spiro atoms. The van der Waals surface area contributed by atoms with E-state index in [0.29, 0.717) is 45.2 Å². The summed E-state index contributed by atoms with van der Waals surface area (Å²) in [6, 6.07) is 8.22. The van der Waals surface area contributed by atoms with Gasteiger partial charge in [-0.3, -0.25) is 4.79 Å². The summed E-state index contributed by atoms with van der Waals surface area (Å²) >= 11 is 1.99. The van der Waals surface area contributed by atoms with E-state index in [2.05, 4.69) is 17.1 Å². The molecule has 0 aliphatic rings. The molecular weight excluding hydrogens is 475 g/mol. The number of carbonyl (C=O) groups is 1. The van der Waals surface area contributed by atoms with E-state index in [0.717, 1.165) is 0 Å². The molecule has 2 rings (SSSR count). The maximum atomic E-state index is 12.4. The highest BCUT2D eigenvalue weighted by Crippen LogP contribution is 2.32. The van der Waals surface area contributed by atoms with Crippen LogP contribution in [0.4, 0.5) is 0 Å². The van der Waals surface area contributed by atoms with Gasteiger partial charge in [-0.2, -0.15) is 5.10 Å². The molecule has 0 fully saturated rings. The van der Waals surface area contributed by atoms with Gasteiger partial charge in [-0.25, -0.2) is 5.43 Å². The summed E-state index contributed by atoms with van der Waals surface area (Å²) in [6.07, 6.45) is 3.09. The van der Waals surface area contributed by atoms with Crippen LogP contribution in [0, 0.1) is 3.57 Å². The molecule has 28 heavy (non-hydrogen) atoms. The summed E-state index contributed by atoms with van der Waals surface area (Å²) in [5, 5.41) is 13.8. The summed E-state index contributed by atoms with van der Waals surface area (Å²) in [5.74, 6) is 1.00. The lowest BCUT2D eigenvalue weighted by Gasteiger charge is -2.12. The third kappa shape index (κ3) is 5.62.